The zero-order chi connectivity index (χ0) is 15.8. The molecular formula is C9H10F2N6O4. The summed E-state index contributed by atoms with van der Waals surface area (Å²) in [5, 5.41) is 21.6. The van der Waals surface area contributed by atoms with Gasteiger partial charge in [0.25, 0.3) is 0 Å². The minimum Gasteiger partial charge on any atom is -0.393 e. The smallest absolute Gasteiger partial charge is 0.351 e. The largest absolute Gasteiger partial charge is 0.393 e. The van der Waals surface area contributed by atoms with Gasteiger partial charge in [-0.15, -0.1) is 0 Å². The van der Waals surface area contributed by atoms with E-state index in [-0.39, 0.29) is 5.82 Å². The SMILES string of the molecule is [N-]=[N+]=NC1(CO)OC(n2ccc(N)nc2=O)C(F)(F)C1O. The van der Waals surface area contributed by atoms with Gasteiger partial charge in [0.1, 0.15) is 5.82 Å². The predicted octanol–water partition coefficient (Wildman–Crippen LogP) is -0.651. The fourth-order valence-electron chi connectivity index (χ4n) is 1.93. The zero-order valence-electron chi connectivity index (χ0n) is 10.3. The first kappa shape index (κ1) is 15.1. The van der Waals surface area contributed by atoms with Crippen LogP contribution in [-0.2, 0) is 4.74 Å². The standard InChI is InChI=1S/C9H10F2N6O4/c10-9(11)5(19)8(3-18,15-16-13)21-6(9)17-2-1-4(12)14-7(17)20/h1-2,5-6,18-19H,3H2,(H2,12,14,20). The van der Waals surface area contributed by atoms with E-state index in [2.05, 4.69) is 15.0 Å². The maximum absolute atomic E-state index is 14.1. The summed E-state index contributed by atoms with van der Waals surface area (Å²) in [5.74, 6) is -4.21. The van der Waals surface area contributed by atoms with Crippen molar-refractivity contribution in [1.29, 1.82) is 0 Å². The average Bonchev–Trinajstić information content (AvgIpc) is 2.61. The number of ether oxygens (including phenoxy) is 1. The number of aliphatic hydroxyl groups is 2. The first-order valence-corrected chi connectivity index (χ1v) is 5.54. The van der Waals surface area contributed by atoms with Crippen molar-refractivity contribution in [3.8, 4) is 0 Å². The summed E-state index contributed by atoms with van der Waals surface area (Å²) in [4.78, 5) is 17.1. The molecule has 114 valence electrons. The van der Waals surface area contributed by atoms with Crippen molar-refractivity contribution in [3.63, 3.8) is 0 Å². The van der Waals surface area contributed by atoms with Crippen LogP contribution in [0.1, 0.15) is 6.23 Å². The molecule has 0 aromatic carbocycles. The van der Waals surface area contributed by atoms with Gasteiger partial charge in [0, 0.05) is 11.1 Å². The van der Waals surface area contributed by atoms with Crippen LogP contribution < -0.4 is 11.4 Å². The van der Waals surface area contributed by atoms with E-state index in [1.54, 1.807) is 0 Å². The number of halogens is 2. The van der Waals surface area contributed by atoms with Crippen LogP contribution in [0.15, 0.2) is 22.2 Å². The van der Waals surface area contributed by atoms with E-state index in [1.165, 1.54) is 0 Å². The van der Waals surface area contributed by atoms with Crippen LogP contribution in [0.5, 0.6) is 0 Å². The molecule has 0 radical (unpaired) electrons. The highest BCUT2D eigenvalue weighted by molar-refractivity contribution is 5.24. The number of aromatic nitrogens is 2. The lowest BCUT2D eigenvalue weighted by molar-refractivity contribution is -0.144. The van der Waals surface area contributed by atoms with Gasteiger partial charge < -0.3 is 20.7 Å². The quantitative estimate of drug-likeness (QED) is 0.382. The van der Waals surface area contributed by atoms with Gasteiger partial charge in [0.05, 0.1) is 6.61 Å². The first-order valence-electron chi connectivity index (χ1n) is 5.54. The minimum atomic E-state index is -4.02. The maximum Gasteiger partial charge on any atom is 0.351 e. The van der Waals surface area contributed by atoms with E-state index >= 15 is 0 Å². The van der Waals surface area contributed by atoms with Gasteiger partial charge in [-0.2, -0.15) is 13.8 Å². The number of rotatable bonds is 3. The third-order valence-corrected chi connectivity index (χ3v) is 2.98. The normalized spacial score (nSPS) is 30.9. The zero-order valence-corrected chi connectivity index (χ0v) is 10.3. The second kappa shape index (κ2) is 4.93. The third kappa shape index (κ3) is 2.19. The maximum atomic E-state index is 14.1. The van der Waals surface area contributed by atoms with E-state index in [1.807, 2.05) is 0 Å². The molecule has 10 nitrogen and oxygen atoms in total. The molecule has 12 heteroatoms. The highest BCUT2D eigenvalue weighted by atomic mass is 19.3. The molecule has 1 aliphatic heterocycles. The summed E-state index contributed by atoms with van der Waals surface area (Å²) < 4.78 is 33.3. The summed E-state index contributed by atoms with van der Waals surface area (Å²) in [7, 11) is 0. The van der Waals surface area contributed by atoms with Gasteiger partial charge >= 0.3 is 11.6 Å². The van der Waals surface area contributed by atoms with Crippen LogP contribution in [-0.4, -0.2) is 44.1 Å². The van der Waals surface area contributed by atoms with Crippen LogP contribution >= 0.6 is 0 Å². The topological polar surface area (TPSA) is 159 Å². The van der Waals surface area contributed by atoms with Crippen molar-refractivity contribution in [3.05, 3.63) is 33.2 Å². The van der Waals surface area contributed by atoms with E-state index < -0.39 is 36.3 Å². The molecule has 0 aliphatic carbocycles. The fraction of sp³-hybridized carbons (Fsp3) is 0.556. The Morgan fingerprint density at radius 2 is 2.33 bits per heavy atom. The molecule has 0 amide bonds. The molecule has 2 rings (SSSR count). The second-order valence-electron chi connectivity index (χ2n) is 4.28. The van der Waals surface area contributed by atoms with Crippen LogP contribution in [0.2, 0.25) is 0 Å². The molecule has 3 atom stereocenters. The highest BCUT2D eigenvalue weighted by Gasteiger charge is 2.67. The van der Waals surface area contributed by atoms with Crippen molar-refractivity contribution >= 4 is 5.82 Å². The van der Waals surface area contributed by atoms with Gasteiger partial charge in [0.15, 0.2) is 6.10 Å². The van der Waals surface area contributed by atoms with E-state index in [4.69, 9.17) is 21.1 Å². The second-order valence-corrected chi connectivity index (χ2v) is 4.28. The summed E-state index contributed by atoms with van der Waals surface area (Å²) >= 11 is 0. The Hall–Kier alpha value is -2.27. The number of nitrogen functional groups attached to an aromatic ring is 1. The Kier molecular flexibility index (Phi) is 3.55. The molecule has 1 fully saturated rings. The number of hydrogen-bond donors (Lipinski definition) is 3. The lowest BCUT2D eigenvalue weighted by Crippen LogP contribution is -2.47. The van der Waals surface area contributed by atoms with Gasteiger partial charge in [-0.1, -0.05) is 5.11 Å². The number of azide groups is 1. The Labute approximate surface area is 115 Å². The summed E-state index contributed by atoms with van der Waals surface area (Å²) in [6, 6.07) is 1.07. The van der Waals surface area contributed by atoms with Crippen molar-refractivity contribution in [2.75, 3.05) is 12.3 Å². The molecule has 1 aromatic rings. The Morgan fingerprint density at radius 1 is 1.67 bits per heavy atom. The lowest BCUT2D eigenvalue weighted by atomic mass is 10.1. The van der Waals surface area contributed by atoms with Crippen molar-refractivity contribution in [1.82, 2.24) is 9.55 Å². The predicted molar refractivity (Wildman–Crippen MR) is 62.9 cm³/mol. The summed E-state index contributed by atoms with van der Waals surface area (Å²) in [5.41, 5.74) is 9.85. The van der Waals surface area contributed by atoms with Crippen LogP contribution in [0.25, 0.3) is 10.4 Å². The third-order valence-electron chi connectivity index (χ3n) is 2.98. The molecule has 1 aromatic heterocycles. The summed E-state index contributed by atoms with van der Waals surface area (Å²) in [6.07, 6.45) is -4.08. The average molecular weight is 304 g/mol. The highest BCUT2D eigenvalue weighted by Crippen LogP contribution is 2.48. The van der Waals surface area contributed by atoms with Crippen molar-refractivity contribution < 1.29 is 23.7 Å². The fourth-order valence-corrected chi connectivity index (χ4v) is 1.93. The molecule has 1 saturated heterocycles. The van der Waals surface area contributed by atoms with E-state index in [9.17, 15) is 18.7 Å². The molecule has 2 heterocycles. The molecule has 21 heavy (non-hydrogen) atoms. The molecule has 0 bridgehead atoms. The molecule has 0 saturated carbocycles. The van der Waals surface area contributed by atoms with Gasteiger partial charge in [-0.25, -0.2) is 4.79 Å². The Morgan fingerprint density at radius 3 is 2.86 bits per heavy atom. The number of hydrogen-bond acceptors (Lipinski definition) is 7. The van der Waals surface area contributed by atoms with Gasteiger partial charge in [-0.3, -0.25) is 4.57 Å². The Balaban J connectivity index is 2.55. The molecule has 4 N–H and O–H groups in total. The monoisotopic (exact) mass is 304 g/mol. The molecule has 1 aliphatic rings. The number of alkyl halides is 2. The van der Waals surface area contributed by atoms with E-state index in [0.29, 0.717) is 4.57 Å². The number of aliphatic hydroxyl groups excluding tert-OH is 2. The van der Waals surface area contributed by atoms with Crippen LogP contribution in [0.4, 0.5) is 14.6 Å². The van der Waals surface area contributed by atoms with E-state index in [0.717, 1.165) is 12.3 Å². The van der Waals surface area contributed by atoms with Crippen LogP contribution in [0.3, 0.4) is 0 Å². The van der Waals surface area contributed by atoms with Crippen molar-refractivity contribution in [2.24, 2.45) is 5.11 Å². The molecule has 3 unspecified atom stereocenters. The lowest BCUT2D eigenvalue weighted by Gasteiger charge is -2.23. The van der Waals surface area contributed by atoms with Crippen LogP contribution in [0, 0.1) is 0 Å². The molecule has 0 spiro atoms. The summed E-state index contributed by atoms with van der Waals surface area (Å²) in [6.45, 7) is -1.21. The number of nitrogens with zero attached hydrogens (tertiary/aromatic N) is 5. The minimum absolute atomic E-state index is 0.193. The first-order chi connectivity index (χ1) is 9.78. The molecular weight excluding hydrogens is 294 g/mol. The van der Waals surface area contributed by atoms with Gasteiger partial charge in [0.2, 0.25) is 12.0 Å². The number of nitrogens with two attached hydrogens (primary N) is 1. The van der Waals surface area contributed by atoms with Gasteiger partial charge in [-0.05, 0) is 11.6 Å². The Bertz CT molecular complexity index is 660. The van der Waals surface area contributed by atoms with Crippen molar-refractivity contribution in [2.45, 2.75) is 24.0 Å². The number of anilines is 1.